The van der Waals surface area contributed by atoms with Crippen LogP contribution in [0.4, 0.5) is 11.4 Å². The van der Waals surface area contributed by atoms with E-state index in [4.69, 9.17) is 0 Å². The van der Waals surface area contributed by atoms with E-state index >= 15 is 0 Å². The standard InChI is InChI=1S/C36H38N6O3/c43-34-8-4-7-32-29-19-26(23-42(32)34)22-41(24-29)33-10-9-28(20-31(33)39-35(44)27-11-15-37-16-12-27)36(45)38-30-13-17-40(18-14-30)21-25-5-2-1-3-6-25/h1-12,15-16,20,26,29-30H,13-14,17-19,21-24H2,(H,38,45)(H,39,44). The molecule has 0 spiro atoms. The van der Waals surface area contributed by atoms with Crippen LogP contribution in [0.5, 0.6) is 0 Å². The van der Waals surface area contributed by atoms with Crippen LogP contribution in [0.2, 0.25) is 0 Å². The number of nitrogens with zero attached hydrogens (tertiary/aromatic N) is 4. The molecule has 230 valence electrons. The molecular formula is C36H38N6O3. The fraction of sp³-hybridized carbons (Fsp3) is 0.333. The Hall–Kier alpha value is -4.76. The number of amides is 2. The summed E-state index contributed by atoms with van der Waals surface area (Å²) in [6, 6.07) is 25.1. The maximum Gasteiger partial charge on any atom is 0.255 e. The van der Waals surface area contributed by atoms with Crippen molar-refractivity contribution in [3.05, 3.63) is 124 Å². The van der Waals surface area contributed by atoms with Crippen molar-refractivity contribution in [3.63, 3.8) is 0 Å². The van der Waals surface area contributed by atoms with Crippen molar-refractivity contribution in [3.8, 4) is 0 Å². The molecule has 2 saturated heterocycles. The van der Waals surface area contributed by atoms with Crippen LogP contribution >= 0.6 is 0 Å². The Bertz CT molecular complexity index is 1730. The second-order valence-electron chi connectivity index (χ2n) is 12.5. The Morgan fingerprint density at radius 2 is 1.62 bits per heavy atom. The molecule has 3 aliphatic heterocycles. The van der Waals surface area contributed by atoms with Crippen molar-refractivity contribution in [1.29, 1.82) is 0 Å². The SMILES string of the molecule is O=C(Nc1cc(C(=O)NC2CCN(Cc3ccccc3)CC2)ccc1N1CC2CC(C1)c1cccc(=O)n1C2)c1ccncc1. The number of hydrogen-bond acceptors (Lipinski definition) is 6. The van der Waals surface area contributed by atoms with Crippen LogP contribution in [0, 0.1) is 5.92 Å². The highest BCUT2D eigenvalue weighted by Gasteiger charge is 2.35. The van der Waals surface area contributed by atoms with Gasteiger partial charge in [0.25, 0.3) is 17.4 Å². The number of benzene rings is 2. The molecule has 9 nitrogen and oxygen atoms in total. The Morgan fingerprint density at radius 1 is 0.822 bits per heavy atom. The smallest absolute Gasteiger partial charge is 0.255 e. The average Bonchev–Trinajstić information content (AvgIpc) is 3.07. The lowest BCUT2D eigenvalue weighted by atomic mass is 9.83. The number of pyridine rings is 2. The molecule has 0 aliphatic carbocycles. The van der Waals surface area contributed by atoms with Gasteiger partial charge in [0.15, 0.2) is 0 Å². The van der Waals surface area contributed by atoms with E-state index in [2.05, 4.69) is 55.7 Å². The number of nitrogens with one attached hydrogen (secondary N) is 2. The molecule has 2 unspecified atom stereocenters. The molecule has 4 aromatic rings. The Morgan fingerprint density at radius 3 is 2.42 bits per heavy atom. The Kier molecular flexibility index (Phi) is 8.17. The predicted molar refractivity (Wildman–Crippen MR) is 175 cm³/mol. The van der Waals surface area contributed by atoms with Crippen molar-refractivity contribution >= 4 is 23.2 Å². The lowest BCUT2D eigenvalue weighted by Gasteiger charge is -2.44. The van der Waals surface area contributed by atoms with Crippen LogP contribution in [-0.2, 0) is 13.1 Å². The summed E-state index contributed by atoms with van der Waals surface area (Å²) >= 11 is 0. The summed E-state index contributed by atoms with van der Waals surface area (Å²) in [6.45, 7) is 4.96. The first-order valence-electron chi connectivity index (χ1n) is 15.9. The molecule has 7 rings (SSSR count). The van der Waals surface area contributed by atoms with Gasteiger partial charge in [0.1, 0.15) is 0 Å². The van der Waals surface area contributed by atoms with Gasteiger partial charge in [-0.25, -0.2) is 0 Å². The van der Waals surface area contributed by atoms with Gasteiger partial charge >= 0.3 is 0 Å². The van der Waals surface area contributed by atoms with Gasteiger partial charge in [-0.1, -0.05) is 36.4 Å². The third kappa shape index (κ3) is 6.40. The number of piperidine rings is 2. The minimum atomic E-state index is -0.254. The topological polar surface area (TPSA) is 99.6 Å². The molecule has 45 heavy (non-hydrogen) atoms. The van der Waals surface area contributed by atoms with Gasteiger partial charge in [-0.05, 0) is 67.1 Å². The number of likely N-dealkylation sites (tertiary alicyclic amines) is 1. The van der Waals surface area contributed by atoms with E-state index in [0.717, 1.165) is 63.4 Å². The summed E-state index contributed by atoms with van der Waals surface area (Å²) in [7, 11) is 0. The maximum atomic E-state index is 13.5. The molecule has 2 aromatic heterocycles. The van der Waals surface area contributed by atoms with Crippen molar-refractivity contribution in [2.24, 2.45) is 5.92 Å². The summed E-state index contributed by atoms with van der Waals surface area (Å²) in [4.78, 5) is 48.1. The normalized spacial score (nSPS) is 19.9. The van der Waals surface area contributed by atoms with E-state index in [9.17, 15) is 14.4 Å². The molecule has 0 saturated carbocycles. The summed E-state index contributed by atoms with van der Waals surface area (Å²) in [5.74, 6) is 0.143. The summed E-state index contributed by atoms with van der Waals surface area (Å²) in [5, 5.41) is 6.34. The molecule has 2 N–H and O–H groups in total. The zero-order chi connectivity index (χ0) is 30.8. The molecule has 2 atom stereocenters. The molecule has 5 heterocycles. The first-order chi connectivity index (χ1) is 22.0. The summed E-state index contributed by atoms with van der Waals surface area (Å²) in [6.07, 6.45) is 6.00. The van der Waals surface area contributed by atoms with Gasteiger partial charge in [-0.3, -0.25) is 24.3 Å². The van der Waals surface area contributed by atoms with Gasteiger partial charge in [0, 0.05) is 86.5 Å². The zero-order valence-electron chi connectivity index (χ0n) is 25.3. The number of fused-ring (bicyclic) bond motifs is 4. The van der Waals surface area contributed by atoms with E-state index < -0.39 is 0 Å². The summed E-state index contributed by atoms with van der Waals surface area (Å²) < 4.78 is 1.92. The van der Waals surface area contributed by atoms with E-state index in [1.165, 1.54) is 5.56 Å². The number of rotatable bonds is 7. The first-order valence-corrected chi connectivity index (χ1v) is 15.9. The van der Waals surface area contributed by atoms with Gasteiger partial charge < -0.3 is 20.1 Å². The van der Waals surface area contributed by atoms with Crippen LogP contribution in [0.25, 0.3) is 0 Å². The van der Waals surface area contributed by atoms with Gasteiger partial charge in [0.2, 0.25) is 0 Å². The lowest BCUT2D eigenvalue weighted by Crippen LogP contribution is -2.47. The van der Waals surface area contributed by atoms with Crippen molar-refractivity contribution in [2.75, 3.05) is 36.4 Å². The highest BCUT2D eigenvalue weighted by Crippen LogP contribution is 2.39. The van der Waals surface area contributed by atoms with E-state index in [1.54, 1.807) is 36.7 Å². The maximum absolute atomic E-state index is 13.5. The van der Waals surface area contributed by atoms with Crippen molar-refractivity contribution < 1.29 is 9.59 Å². The second kappa shape index (κ2) is 12.7. The van der Waals surface area contributed by atoms with E-state index in [-0.39, 0.29) is 29.3 Å². The van der Waals surface area contributed by atoms with Gasteiger partial charge in [-0.2, -0.15) is 0 Å². The molecule has 3 aliphatic rings. The Labute approximate surface area is 262 Å². The van der Waals surface area contributed by atoms with Crippen LogP contribution in [-0.4, -0.2) is 58.5 Å². The molecule has 0 radical (unpaired) electrons. The first kappa shape index (κ1) is 29.0. The van der Waals surface area contributed by atoms with Gasteiger partial charge in [0.05, 0.1) is 11.4 Å². The zero-order valence-corrected chi connectivity index (χ0v) is 25.3. The molecule has 2 aromatic carbocycles. The third-order valence-corrected chi connectivity index (χ3v) is 9.44. The fourth-order valence-electron chi connectivity index (χ4n) is 7.19. The molecule has 2 amide bonds. The second-order valence-corrected chi connectivity index (χ2v) is 12.5. The van der Waals surface area contributed by atoms with Crippen molar-refractivity contribution in [1.82, 2.24) is 19.8 Å². The quantitative estimate of drug-likeness (QED) is 0.323. The number of carbonyl (C=O) groups is 2. The van der Waals surface area contributed by atoms with E-state index in [0.29, 0.717) is 29.3 Å². The number of carbonyl (C=O) groups excluding carboxylic acids is 2. The van der Waals surface area contributed by atoms with Crippen LogP contribution in [0.3, 0.4) is 0 Å². The third-order valence-electron chi connectivity index (χ3n) is 9.44. The number of hydrogen-bond donors (Lipinski definition) is 2. The fourth-order valence-corrected chi connectivity index (χ4v) is 7.19. The molecular weight excluding hydrogens is 564 g/mol. The minimum absolute atomic E-state index is 0.0539. The largest absolute Gasteiger partial charge is 0.369 e. The van der Waals surface area contributed by atoms with Crippen LogP contribution in [0.15, 0.2) is 96.1 Å². The van der Waals surface area contributed by atoms with Crippen LogP contribution < -0.4 is 21.1 Å². The lowest BCUT2D eigenvalue weighted by molar-refractivity contribution is 0.0908. The molecule has 2 fully saturated rings. The monoisotopic (exact) mass is 602 g/mol. The average molecular weight is 603 g/mol. The van der Waals surface area contributed by atoms with Gasteiger partial charge in [-0.15, -0.1) is 0 Å². The number of anilines is 2. The summed E-state index contributed by atoms with van der Waals surface area (Å²) in [5.41, 5.74) is 4.92. The predicted octanol–water partition coefficient (Wildman–Crippen LogP) is 4.51. The van der Waals surface area contributed by atoms with Crippen LogP contribution in [0.1, 0.15) is 57.2 Å². The van der Waals surface area contributed by atoms with Crippen molar-refractivity contribution in [2.45, 2.75) is 44.3 Å². The minimum Gasteiger partial charge on any atom is -0.369 e. The highest BCUT2D eigenvalue weighted by molar-refractivity contribution is 6.07. The van der Waals surface area contributed by atoms with E-state index in [1.807, 2.05) is 28.8 Å². The molecule has 9 heteroatoms. The molecule has 2 bridgehead atoms. The Balaban J connectivity index is 1.09. The highest BCUT2D eigenvalue weighted by atomic mass is 16.2. The number of aromatic nitrogens is 2.